The first-order chi connectivity index (χ1) is 19.7. The summed E-state index contributed by atoms with van der Waals surface area (Å²) in [6, 6.07) is 9.47. The lowest BCUT2D eigenvalue weighted by Gasteiger charge is -2.31. The lowest BCUT2D eigenvalue weighted by molar-refractivity contribution is -0.384. The van der Waals surface area contributed by atoms with E-state index < -0.39 is 29.1 Å². The molecule has 3 aliphatic rings. The van der Waals surface area contributed by atoms with Crippen molar-refractivity contribution in [2.75, 3.05) is 25.0 Å². The first-order valence-corrected chi connectivity index (χ1v) is 13.1. The van der Waals surface area contributed by atoms with Crippen molar-refractivity contribution in [2.24, 2.45) is 0 Å². The number of nitrogens with zero attached hydrogens (tertiary/aromatic N) is 3. The van der Waals surface area contributed by atoms with Gasteiger partial charge in [0.05, 0.1) is 11.5 Å². The van der Waals surface area contributed by atoms with Gasteiger partial charge >= 0.3 is 6.16 Å². The van der Waals surface area contributed by atoms with Gasteiger partial charge in [-0.3, -0.25) is 34.6 Å². The van der Waals surface area contributed by atoms with Crippen LogP contribution in [-0.2, 0) is 25.7 Å². The number of nitrogens with one attached hydrogen (secondary N) is 2. The number of rotatable bonds is 7. The Morgan fingerprint density at radius 3 is 2.46 bits per heavy atom. The predicted molar refractivity (Wildman–Crippen MR) is 141 cm³/mol. The molecule has 5 rings (SSSR count). The van der Waals surface area contributed by atoms with E-state index in [4.69, 9.17) is 9.47 Å². The molecule has 214 valence electrons. The van der Waals surface area contributed by atoms with E-state index in [0.29, 0.717) is 42.7 Å². The molecule has 4 amide bonds. The Hall–Kier alpha value is -5.01. The number of fused-ring (bicyclic) bond motifs is 1. The van der Waals surface area contributed by atoms with Gasteiger partial charge in [0.1, 0.15) is 17.9 Å². The summed E-state index contributed by atoms with van der Waals surface area (Å²) in [6.45, 7) is 0.905. The van der Waals surface area contributed by atoms with E-state index in [0.717, 1.165) is 0 Å². The average molecular weight is 566 g/mol. The zero-order chi connectivity index (χ0) is 29.1. The van der Waals surface area contributed by atoms with E-state index in [1.807, 2.05) is 0 Å². The third-order valence-electron chi connectivity index (χ3n) is 7.32. The van der Waals surface area contributed by atoms with Crippen molar-refractivity contribution in [2.45, 2.75) is 44.4 Å². The molecule has 0 aromatic heterocycles. The maximum atomic E-state index is 13.0. The van der Waals surface area contributed by atoms with Gasteiger partial charge in [0, 0.05) is 67.8 Å². The zero-order valence-corrected chi connectivity index (χ0v) is 21.9. The largest absolute Gasteiger partial charge is 0.514 e. The minimum Gasteiger partial charge on any atom is -0.431 e. The minimum absolute atomic E-state index is 0.0171. The molecule has 0 bridgehead atoms. The Labute approximate surface area is 233 Å². The molecular weight excluding hydrogens is 538 g/mol. The number of piperidine rings is 2. The Morgan fingerprint density at radius 1 is 1.05 bits per heavy atom. The predicted octanol–water partition coefficient (Wildman–Crippen LogP) is 1.97. The Balaban J connectivity index is 1.09. The highest BCUT2D eigenvalue weighted by Gasteiger charge is 2.40. The molecule has 0 saturated carbocycles. The van der Waals surface area contributed by atoms with Crippen molar-refractivity contribution in [3.8, 4) is 5.75 Å². The molecule has 41 heavy (non-hydrogen) atoms. The summed E-state index contributed by atoms with van der Waals surface area (Å²) in [6.07, 6.45) is -0.115. The summed E-state index contributed by atoms with van der Waals surface area (Å²) in [7, 11) is 0. The van der Waals surface area contributed by atoms with Crippen LogP contribution in [0.25, 0.3) is 0 Å². The number of nitro groups is 1. The highest BCUT2D eigenvalue weighted by Crippen LogP contribution is 2.32. The number of ether oxygens (including phenoxy) is 2. The van der Waals surface area contributed by atoms with Gasteiger partial charge in [-0.1, -0.05) is 6.07 Å². The van der Waals surface area contributed by atoms with Gasteiger partial charge in [0.15, 0.2) is 0 Å². The fourth-order valence-corrected chi connectivity index (χ4v) is 5.15. The molecular formula is C27H27N5O9. The number of imide groups is 1. The minimum atomic E-state index is -0.927. The monoisotopic (exact) mass is 565 g/mol. The maximum Gasteiger partial charge on any atom is 0.514 e. The smallest absolute Gasteiger partial charge is 0.431 e. The third kappa shape index (κ3) is 6.10. The second-order valence-electron chi connectivity index (χ2n) is 9.89. The standard InChI is InChI=1S/C27H27N5O9/c33-23-9-8-22(25(35)29-23)31-15-20-19(26(31)36)2-1-3-21(20)28-14-24(34)30-12-10-18(11-13-30)41-27(37)40-17-6-4-16(5-7-17)32(38)39/h1-7,18,22,28H,8-15H2,(H,29,33,35). The van der Waals surface area contributed by atoms with E-state index in [9.17, 15) is 34.1 Å². The van der Waals surface area contributed by atoms with E-state index in [-0.39, 0.29) is 55.1 Å². The second-order valence-corrected chi connectivity index (χ2v) is 9.89. The quantitative estimate of drug-likeness (QED) is 0.166. The number of amides is 4. The zero-order valence-electron chi connectivity index (χ0n) is 21.9. The van der Waals surface area contributed by atoms with Crippen LogP contribution in [0.2, 0.25) is 0 Å². The SMILES string of the molecule is O=C1CCC(N2Cc3c(NCC(=O)N4CCC(OC(=O)Oc5ccc([N+](=O)[O-])cc5)CC4)cccc3C2=O)C(=O)N1. The van der Waals surface area contributed by atoms with Crippen LogP contribution in [0.4, 0.5) is 16.2 Å². The van der Waals surface area contributed by atoms with Gasteiger partial charge in [-0.25, -0.2) is 4.79 Å². The molecule has 0 spiro atoms. The summed E-state index contributed by atoms with van der Waals surface area (Å²) in [5.41, 5.74) is 1.63. The lowest BCUT2D eigenvalue weighted by Crippen LogP contribution is -2.52. The van der Waals surface area contributed by atoms with E-state index in [1.165, 1.54) is 29.2 Å². The molecule has 2 aromatic carbocycles. The van der Waals surface area contributed by atoms with E-state index in [2.05, 4.69) is 10.6 Å². The number of hydrogen-bond donors (Lipinski definition) is 2. The summed E-state index contributed by atoms with van der Waals surface area (Å²) in [5, 5.41) is 16.1. The molecule has 2 fully saturated rings. The van der Waals surface area contributed by atoms with Gasteiger partial charge in [-0.15, -0.1) is 0 Å². The number of anilines is 1. The van der Waals surface area contributed by atoms with Crippen LogP contribution in [0.5, 0.6) is 5.75 Å². The highest BCUT2D eigenvalue weighted by atomic mass is 16.7. The summed E-state index contributed by atoms with van der Waals surface area (Å²) in [4.78, 5) is 75.1. The maximum absolute atomic E-state index is 13.0. The normalized spacial score (nSPS) is 18.9. The van der Waals surface area contributed by atoms with Crippen LogP contribution in [-0.4, -0.2) is 76.3 Å². The fourth-order valence-electron chi connectivity index (χ4n) is 5.15. The van der Waals surface area contributed by atoms with Crippen molar-refractivity contribution in [1.82, 2.24) is 15.1 Å². The molecule has 2 saturated heterocycles. The summed E-state index contributed by atoms with van der Waals surface area (Å²) < 4.78 is 10.4. The van der Waals surface area contributed by atoms with Crippen molar-refractivity contribution in [3.63, 3.8) is 0 Å². The van der Waals surface area contributed by atoms with E-state index in [1.54, 1.807) is 23.1 Å². The van der Waals surface area contributed by atoms with Crippen LogP contribution in [0.3, 0.4) is 0 Å². The van der Waals surface area contributed by atoms with Crippen LogP contribution >= 0.6 is 0 Å². The van der Waals surface area contributed by atoms with Crippen molar-refractivity contribution in [1.29, 1.82) is 0 Å². The fraction of sp³-hybridized carbons (Fsp3) is 0.370. The Bertz CT molecular complexity index is 1400. The number of carbonyl (C=O) groups is 5. The summed E-state index contributed by atoms with van der Waals surface area (Å²) >= 11 is 0. The molecule has 3 aliphatic heterocycles. The average Bonchev–Trinajstić information content (AvgIpc) is 3.29. The van der Waals surface area contributed by atoms with E-state index >= 15 is 0 Å². The number of likely N-dealkylation sites (tertiary alicyclic amines) is 1. The third-order valence-corrected chi connectivity index (χ3v) is 7.32. The number of benzene rings is 2. The Morgan fingerprint density at radius 2 is 1.78 bits per heavy atom. The van der Waals surface area contributed by atoms with Crippen LogP contribution in [0.15, 0.2) is 42.5 Å². The molecule has 2 aromatic rings. The van der Waals surface area contributed by atoms with Crippen LogP contribution < -0.4 is 15.4 Å². The number of nitro benzene ring substituents is 1. The second kappa shape index (κ2) is 11.6. The van der Waals surface area contributed by atoms with Crippen molar-refractivity contribution in [3.05, 3.63) is 63.7 Å². The highest BCUT2D eigenvalue weighted by molar-refractivity contribution is 6.06. The number of carbonyl (C=O) groups excluding carboxylic acids is 5. The molecule has 3 heterocycles. The molecule has 0 radical (unpaired) electrons. The summed E-state index contributed by atoms with van der Waals surface area (Å²) in [5.74, 6) is -1.18. The molecule has 0 aliphatic carbocycles. The van der Waals surface area contributed by atoms with Gasteiger partial charge in [0.2, 0.25) is 17.7 Å². The molecule has 2 N–H and O–H groups in total. The van der Waals surface area contributed by atoms with Gasteiger partial charge in [0.25, 0.3) is 11.6 Å². The van der Waals surface area contributed by atoms with Gasteiger partial charge in [-0.2, -0.15) is 0 Å². The van der Waals surface area contributed by atoms with Crippen LogP contribution in [0, 0.1) is 10.1 Å². The molecule has 1 unspecified atom stereocenters. The first-order valence-electron chi connectivity index (χ1n) is 13.1. The van der Waals surface area contributed by atoms with Gasteiger partial charge in [-0.05, 0) is 30.7 Å². The number of non-ortho nitro benzene ring substituents is 1. The van der Waals surface area contributed by atoms with Crippen molar-refractivity contribution >= 4 is 41.2 Å². The van der Waals surface area contributed by atoms with Crippen molar-refractivity contribution < 1.29 is 38.4 Å². The van der Waals surface area contributed by atoms with Gasteiger partial charge < -0.3 is 24.6 Å². The molecule has 14 heteroatoms. The topological polar surface area (TPSA) is 177 Å². The lowest BCUT2D eigenvalue weighted by atomic mass is 10.0. The Kier molecular flexibility index (Phi) is 7.81. The number of hydrogen-bond acceptors (Lipinski definition) is 10. The first kappa shape index (κ1) is 27.6. The molecule has 14 nitrogen and oxygen atoms in total. The van der Waals surface area contributed by atoms with Crippen LogP contribution in [0.1, 0.15) is 41.6 Å². The molecule has 1 atom stereocenters.